The van der Waals surface area contributed by atoms with Gasteiger partial charge in [-0.25, -0.2) is 0 Å². The molecule has 0 amide bonds. The minimum Gasteiger partial charge on any atom is -0.313 e. The van der Waals surface area contributed by atoms with Gasteiger partial charge >= 0.3 is 5.51 Å². The number of benzene rings is 1. The minimum absolute atomic E-state index is 0.0787. The third kappa shape index (κ3) is 6.91. The molecular weight excluding hydrogens is 259 g/mol. The minimum atomic E-state index is -4.21. The second-order valence-electron chi connectivity index (χ2n) is 4.55. The first-order valence-corrected chi connectivity index (χ1v) is 6.74. The maximum absolute atomic E-state index is 12.1. The van der Waals surface area contributed by atoms with Crippen LogP contribution in [0.4, 0.5) is 13.2 Å². The van der Waals surface area contributed by atoms with E-state index in [2.05, 4.69) is 19.2 Å². The molecule has 0 atom stereocenters. The summed E-state index contributed by atoms with van der Waals surface area (Å²) in [7, 11) is 0. The van der Waals surface area contributed by atoms with Crippen molar-refractivity contribution in [3.63, 3.8) is 0 Å². The largest absolute Gasteiger partial charge is 0.446 e. The van der Waals surface area contributed by atoms with Gasteiger partial charge in [-0.05, 0) is 48.3 Å². The standard InChI is InChI=1S/C13H18F3NS/c1-10(2)7-8-17-9-11-3-5-12(6-4-11)18-13(14,15)16/h3-6,10,17H,7-9H2,1-2H3. The Hall–Kier alpha value is -0.680. The predicted octanol–water partition coefficient (Wildman–Crippen LogP) is 4.43. The number of hydrogen-bond donors (Lipinski definition) is 1. The van der Waals surface area contributed by atoms with Crippen LogP contribution in [-0.4, -0.2) is 12.1 Å². The molecule has 0 aliphatic heterocycles. The average Bonchev–Trinajstić information content (AvgIpc) is 2.24. The number of nitrogens with one attached hydrogen (secondary N) is 1. The van der Waals surface area contributed by atoms with Crippen molar-refractivity contribution in [3.8, 4) is 0 Å². The Morgan fingerprint density at radius 2 is 1.78 bits per heavy atom. The molecule has 102 valence electrons. The Kier molecular flexibility index (Phi) is 6.02. The van der Waals surface area contributed by atoms with Crippen LogP contribution >= 0.6 is 11.8 Å². The molecule has 0 aliphatic rings. The van der Waals surface area contributed by atoms with Crippen molar-refractivity contribution in [1.29, 1.82) is 0 Å². The van der Waals surface area contributed by atoms with Crippen molar-refractivity contribution < 1.29 is 13.2 Å². The summed E-state index contributed by atoms with van der Waals surface area (Å²) in [5.74, 6) is 0.656. The molecule has 1 aromatic carbocycles. The summed E-state index contributed by atoms with van der Waals surface area (Å²) in [4.78, 5) is 0.230. The fourth-order valence-electron chi connectivity index (χ4n) is 1.43. The maximum atomic E-state index is 12.1. The molecule has 1 nitrogen and oxygen atoms in total. The zero-order valence-corrected chi connectivity index (χ0v) is 11.4. The smallest absolute Gasteiger partial charge is 0.313 e. The molecule has 18 heavy (non-hydrogen) atoms. The van der Waals surface area contributed by atoms with E-state index in [4.69, 9.17) is 0 Å². The second kappa shape index (κ2) is 7.04. The highest BCUT2D eigenvalue weighted by atomic mass is 32.2. The van der Waals surface area contributed by atoms with Crippen LogP contribution in [0.25, 0.3) is 0 Å². The zero-order chi connectivity index (χ0) is 13.6. The molecule has 0 saturated heterocycles. The lowest BCUT2D eigenvalue weighted by atomic mass is 10.1. The quantitative estimate of drug-likeness (QED) is 0.609. The molecule has 0 heterocycles. The van der Waals surface area contributed by atoms with Crippen LogP contribution in [0.5, 0.6) is 0 Å². The molecule has 0 aliphatic carbocycles. The number of alkyl halides is 3. The van der Waals surface area contributed by atoms with Crippen LogP contribution in [0.1, 0.15) is 25.8 Å². The van der Waals surface area contributed by atoms with E-state index >= 15 is 0 Å². The van der Waals surface area contributed by atoms with Gasteiger partial charge in [-0.2, -0.15) is 13.2 Å². The van der Waals surface area contributed by atoms with Gasteiger partial charge in [0.2, 0.25) is 0 Å². The number of halogens is 3. The van der Waals surface area contributed by atoms with Crippen molar-refractivity contribution in [2.24, 2.45) is 5.92 Å². The lowest BCUT2D eigenvalue weighted by molar-refractivity contribution is -0.0328. The molecule has 1 N–H and O–H groups in total. The molecule has 0 unspecified atom stereocenters. The van der Waals surface area contributed by atoms with E-state index in [0.29, 0.717) is 12.5 Å². The van der Waals surface area contributed by atoms with Gasteiger partial charge in [0.1, 0.15) is 0 Å². The van der Waals surface area contributed by atoms with Gasteiger partial charge in [-0.1, -0.05) is 26.0 Å². The first-order valence-electron chi connectivity index (χ1n) is 5.92. The van der Waals surface area contributed by atoms with Gasteiger partial charge in [-0.3, -0.25) is 0 Å². The van der Waals surface area contributed by atoms with Crippen LogP contribution < -0.4 is 5.32 Å². The maximum Gasteiger partial charge on any atom is 0.446 e. The average molecular weight is 277 g/mol. The van der Waals surface area contributed by atoms with E-state index in [1.165, 1.54) is 12.1 Å². The van der Waals surface area contributed by atoms with E-state index in [0.717, 1.165) is 18.5 Å². The highest BCUT2D eigenvalue weighted by Gasteiger charge is 2.28. The fourth-order valence-corrected chi connectivity index (χ4v) is 1.97. The van der Waals surface area contributed by atoms with Crippen LogP contribution in [0, 0.1) is 5.92 Å². The summed E-state index contributed by atoms with van der Waals surface area (Å²) < 4.78 is 36.3. The molecule has 5 heteroatoms. The molecule has 0 aromatic heterocycles. The Labute approximate surface area is 110 Å². The molecular formula is C13H18F3NS. The molecule has 0 bridgehead atoms. The highest BCUT2D eigenvalue weighted by Crippen LogP contribution is 2.36. The summed E-state index contributed by atoms with van der Waals surface area (Å²) in [5, 5.41) is 3.27. The Morgan fingerprint density at radius 1 is 1.17 bits per heavy atom. The summed E-state index contributed by atoms with van der Waals surface area (Å²) in [6, 6.07) is 6.49. The van der Waals surface area contributed by atoms with Crippen LogP contribution in [0.2, 0.25) is 0 Å². The van der Waals surface area contributed by atoms with Crippen molar-refractivity contribution in [2.75, 3.05) is 6.54 Å². The topological polar surface area (TPSA) is 12.0 Å². The number of thioether (sulfide) groups is 1. The van der Waals surface area contributed by atoms with Crippen molar-refractivity contribution in [2.45, 2.75) is 37.2 Å². The van der Waals surface area contributed by atoms with Gasteiger partial charge in [-0.15, -0.1) is 0 Å². The molecule has 0 spiro atoms. The second-order valence-corrected chi connectivity index (χ2v) is 5.69. The summed E-state index contributed by atoms with van der Waals surface area (Å²) in [6.45, 7) is 5.94. The van der Waals surface area contributed by atoms with Crippen LogP contribution in [-0.2, 0) is 6.54 Å². The van der Waals surface area contributed by atoms with Gasteiger partial charge < -0.3 is 5.32 Å². The van der Waals surface area contributed by atoms with Gasteiger partial charge in [0.05, 0.1) is 0 Å². The summed E-state index contributed by atoms with van der Waals surface area (Å²) >= 11 is -0.0787. The molecule has 1 rings (SSSR count). The van der Waals surface area contributed by atoms with Gasteiger partial charge in [0.15, 0.2) is 0 Å². The molecule has 0 saturated carbocycles. The van der Waals surface area contributed by atoms with Gasteiger partial charge in [0, 0.05) is 11.4 Å². The molecule has 0 fully saturated rings. The van der Waals surface area contributed by atoms with Crippen molar-refractivity contribution in [3.05, 3.63) is 29.8 Å². The predicted molar refractivity (Wildman–Crippen MR) is 69.5 cm³/mol. The van der Waals surface area contributed by atoms with E-state index < -0.39 is 5.51 Å². The Bertz CT molecular complexity index is 346. The monoisotopic (exact) mass is 277 g/mol. The molecule has 0 radical (unpaired) electrons. The molecule has 1 aromatic rings. The summed E-state index contributed by atoms with van der Waals surface area (Å²) in [5.41, 5.74) is -3.21. The van der Waals surface area contributed by atoms with Gasteiger partial charge in [0.25, 0.3) is 0 Å². The van der Waals surface area contributed by atoms with E-state index in [1.54, 1.807) is 12.1 Å². The Morgan fingerprint density at radius 3 is 2.28 bits per heavy atom. The first-order chi connectivity index (χ1) is 8.37. The highest BCUT2D eigenvalue weighted by molar-refractivity contribution is 8.00. The lowest BCUT2D eigenvalue weighted by Crippen LogP contribution is -2.16. The first kappa shape index (κ1) is 15.4. The lowest BCUT2D eigenvalue weighted by Gasteiger charge is -2.08. The SMILES string of the molecule is CC(C)CCNCc1ccc(SC(F)(F)F)cc1. The van der Waals surface area contributed by atoms with Crippen LogP contribution in [0.3, 0.4) is 0 Å². The summed E-state index contributed by atoms with van der Waals surface area (Å²) in [6.07, 6.45) is 1.10. The third-order valence-electron chi connectivity index (χ3n) is 2.38. The number of rotatable bonds is 6. The Balaban J connectivity index is 2.36. The fraction of sp³-hybridized carbons (Fsp3) is 0.538. The van der Waals surface area contributed by atoms with Crippen molar-refractivity contribution >= 4 is 11.8 Å². The van der Waals surface area contributed by atoms with Crippen LogP contribution in [0.15, 0.2) is 29.2 Å². The third-order valence-corrected chi connectivity index (χ3v) is 3.12. The normalized spacial score (nSPS) is 12.1. The van der Waals surface area contributed by atoms with E-state index in [9.17, 15) is 13.2 Å². The van der Waals surface area contributed by atoms with E-state index in [-0.39, 0.29) is 16.7 Å². The zero-order valence-electron chi connectivity index (χ0n) is 10.6. The van der Waals surface area contributed by atoms with E-state index in [1.807, 2.05) is 0 Å². The van der Waals surface area contributed by atoms with Crippen molar-refractivity contribution in [1.82, 2.24) is 5.32 Å². The number of hydrogen-bond acceptors (Lipinski definition) is 2.